The van der Waals surface area contributed by atoms with Gasteiger partial charge in [-0.05, 0) is 49.2 Å². The van der Waals surface area contributed by atoms with Gasteiger partial charge in [-0.2, -0.15) is 0 Å². The van der Waals surface area contributed by atoms with Crippen LogP contribution in [0.2, 0.25) is 0 Å². The van der Waals surface area contributed by atoms with E-state index in [4.69, 9.17) is 0 Å². The molecule has 0 aliphatic carbocycles. The third-order valence-corrected chi connectivity index (χ3v) is 6.85. The molecule has 28 heavy (non-hydrogen) atoms. The first-order valence-corrected chi connectivity index (χ1v) is 10.9. The molecule has 2 aromatic rings. The van der Waals surface area contributed by atoms with Crippen LogP contribution in [0.5, 0.6) is 0 Å². The molecule has 0 unspecified atom stereocenters. The third-order valence-electron chi connectivity index (χ3n) is 4.98. The average Bonchev–Trinajstić information content (AvgIpc) is 3.26. The van der Waals surface area contributed by atoms with Crippen molar-refractivity contribution in [1.29, 1.82) is 0 Å². The van der Waals surface area contributed by atoms with E-state index in [1.807, 2.05) is 6.07 Å². The van der Waals surface area contributed by atoms with E-state index in [9.17, 15) is 18.0 Å². The molecule has 0 spiro atoms. The topological polar surface area (TPSA) is 86.8 Å². The second kappa shape index (κ2) is 7.27. The Kier molecular flexibility index (Phi) is 4.80. The zero-order chi connectivity index (χ0) is 19.7. The van der Waals surface area contributed by atoms with Gasteiger partial charge in [0, 0.05) is 36.4 Å². The second-order valence-electron chi connectivity index (χ2n) is 6.95. The quantitative estimate of drug-likeness (QED) is 0.856. The number of rotatable bonds is 4. The van der Waals surface area contributed by atoms with Crippen LogP contribution < -0.4 is 14.5 Å². The highest BCUT2D eigenvalue weighted by atomic mass is 32.2. The van der Waals surface area contributed by atoms with Gasteiger partial charge in [0.1, 0.15) is 0 Å². The van der Waals surface area contributed by atoms with E-state index < -0.39 is 10.0 Å². The number of amides is 2. The Hall–Kier alpha value is -2.87. The first-order valence-electron chi connectivity index (χ1n) is 9.26. The molecule has 146 valence electrons. The van der Waals surface area contributed by atoms with Crippen LogP contribution in [0.1, 0.15) is 29.6 Å². The van der Waals surface area contributed by atoms with Gasteiger partial charge in [-0.15, -0.1) is 0 Å². The van der Waals surface area contributed by atoms with Gasteiger partial charge >= 0.3 is 0 Å². The molecule has 2 heterocycles. The average molecular weight is 399 g/mol. The minimum absolute atomic E-state index is 0.0861. The molecule has 0 aromatic heterocycles. The molecule has 4 rings (SSSR count). The van der Waals surface area contributed by atoms with E-state index in [1.165, 1.54) is 4.31 Å². The van der Waals surface area contributed by atoms with Crippen molar-refractivity contribution < 1.29 is 18.0 Å². The van der Waals surface area contributed by atoms with Crippen molar-refractivity contribution in [3.05, 3.63) is 54.1 Å². The summed E-state index contributed by atoms with van der Waals surface area (Å²) in [5, 5.41) is 2.83. The predicted molar refractivity (Wildman–Crippen MR) is 108 cm³/mol. The molecule has 2 fully saturated rings. The number of anilines is 3. The van der Waals surface area contributed by atoms with E-state index >= 15 is 0 Å². The van der Waals surface area contributed by atoms with Gasteiger partial charge in [0.15, 0.2) is 0 Å². The Balaban J connectivity index is 1.53. The second-order valence-corrected chi connectivity index (χ2v) is 8.96. The number of carbonyl (C=O) groups is 2. The zero-order valence-corrected chi connectivity index (χ0v) is 16.1. The van der Waals surface area contributed by atoms with Crippen molar-refractivity contribution in [2.24, 2.45) is 0 Å². The van der Waals surface area contributed by atoms with Crippen molar-refractivity contribution in [3.63, 3.8) is 0 Å². The fourth-order valence-corrected chi connectivity index (χ4v) is 5.16. The fourth-order valence-electron chi connectivity index (χ4n) is 3.61. The first kappa shape index (κ1) is 18.5. The van der Waals surface area contributed by atoms with Crippen LogP contribution in [0.4, 0.5) is 17.1 Å². The van der Waals surface area contributed by atoms with E-state index in [-0.39, 0.29) is 17.6 Å². The lowest BCUT2D eigenvalue weighted by Gasteiger charge is -2.18. The number of nitrogens with zero attached hydrogens (tertiary/aromatic N) is 2. The normalized spacial score (nSPS) is 18.5. The lowest BCUT2D eigenvalue weighted by atomic mass is 10.1. The Morgan fingerprint density at radius 1 is 0.964 bits per heavy atom. The maximum atomic E-state index is 12.7. The van der Waals surface area contributed by atoms with Crippen molar-refractivity contribution in [2.45, 2.75) is 19.3 Å². The van der Waals surface area contributed by atoms with Crippen LogP contribution in [0.3, 0.4) is 0 Å². The van der Waals surface area contributed by atoms with E-state index in [0.29, 0.717) is 42.9 Å². The summed E-state index contributed by atoms with van der Waals surface area (Å²) in [6.45, 7) is 1.11. The van der Waals surface area contributed by atoms with Crippen LogP contribution in [0, 0.1) is 0 Å². The van der Waals surface area contributed by atoms with E-state index in [1.54, 1.807) is 47.4 Å². The number of sulfonamides is 1. The molecule has 1 N–H and O–H groups in total. The molecule has 0 atom stereocenters. The van der Waals surface area contributed by atoms with E-state index in [0.717, 1.165) is 12.1 Å². The van der Waals surface area contributed by atoms with Crippen LogP contribution in [0.25, 0.3) is 0 Å². The summed E-state index contributed by atoms with van der Waals surface area (Å²) in [6, 6.07) is 13.8. The van der Waals surface area contributed by atoms with E-state index in [2.05, 4.69) is 5.32 Å². The maximum Gasteiger partial charge on any atom is 0.255 e. The molecule has 0 bridgehead atoms. The molecule has 2 aromatic carbocycles. The highest BCUT2D eigenvalue weighted by Crippen LogP contribution is 2.26. The minimum atomic E-state index is -3.30. The molecule has 2 saturated heterocycles. The number of hydrogen-bond donors (Lipinski definition) is 1. The number of hydrogen-bond acceptors (Lipinski definition) is 4. The zero-order valence-electron chi connectivity index (χ0n) is 15.3. The van der Waals surface area contributed by atoms with Crippen LogP contribution in [-0.2, 0) is 14.8 Å². The molecule has 0 radical (unpaired) electrons. The lowest BCUT2D eigenvalue weighted by molar-refractivity contribution is -0.117. The van der Waals surface area contributed by atoms with Gasteiger partial charge in [-0.1, -0.05) is 12.1 Å². The summed E-state index contributed by atoms with van der Waals surface area (Å²) in [6.07, 6.45) is 1.96. The van der Waals surface area contributed by atoms with Crippen LogP contribution in [0.15, 0.2) is 48.5 Å². The van der Waals surface area contributed by atoms with Gasteiger partial charge in [0.25, 0.3) is 5.91 Å². The summed E-state index contributed by atoms with van der Waals surface area (Å²) in [5.41, 5.74) is 2.22. The van der Waals surface area contributed by atoms with Gasteiger partial charge in [0.2, 0.25) is 15.9 Å². The van der Waals surface area contributed by atoms with Crippen LogP contribution in [-0.4, -0.2) is 39.1 Å². The van der Waals surface area contributed by atoms with Crippen molar-refractivity contribution in [1.82, 2.24) is 0 Å². The molecular formula is C20H21N3O4S. The van der Waals surface area contributed by atoms with Crippen molar-refractivity contribution in [3.8, 4) is 0 Å². The summed E-state index contributed by atoms with van der Waals surface area (Å²) in [7, 11) is -3.30. The fraction of sp³-hybridized carbons (Fsp3) is 0.300. The smallest absolute Gasteiger partial charge is 0.255 e. The van der Waals surface area contributed by atoms with Gasteiger partial charge in [-0.25, -0.2) is 8.42 Å². The molecule has 2 amide bonds. The molecule has 8 heteroatoms. The largest absolute Gasteiger partial charge is 0.322 e. The van der Waals surface area contributed by atoms with Crippen molar-refractivity contribution in [2.75, 3.05) is 33.4 Å². The minimum Gasteiger partial charge on any atom is -0.322 e. The first-order chi connectivity index (χ1) is 13.4. The summed E-state index contributed by atoms with van der Waals surface area (Å²) < 4.78 is 25.6. The molecule has 0 saturated carbocycles. The maximum absolute atomic E-state index is 12.7. The standard InChI is InChI=1S/C20H21N3O4S/c24-19-9-3-10-22(19)17-7-2-6-16(14-17)21-20(25)15-5-1-8-18(13-15)23-11-4-12-28(23,26)27/h1-2,5-8,13-14H,3-4,9-12H2,(H,21,25). The predicted octanol–water partition coefficient (Wildman–Crippen LogP) is 2.61. The SMILES string of the molecule is O=C(Nc1cccc(N2CCCC2=O)c1)c1cccc(N2CCCS2(=O)=O)c1. The third kappa shape index (κ3) is 3.60. The van der Waals surface area contributed by atoms with Crippen LogP contribution >= 0.6 is 0 Å². The van der Waals surface area contributed by atoms with Gasteiger partial charge in [-0.3, -0.25) is 13.9 Å². The summed E-state index contributed by atoms with van der Waals surface area (Å²) >= 11 is 0. The summed E-state index contributed by atoms with van der Waals surface area (Å²) in [5.74, 6) is -0.114. The lowest BCUT2D eigenvalue weighted by Crippen LogP contribution is -2.25. The number of benzene rings is 2. The monoisotopic (exact) mass is 399 g/mol. The molecule has 2 aliphatic rings. The Labute approximate surface area is 164 Å². The molecule has 7 nitrogen and oxygen atoms in total. The number of nitrogens with one attached hydrogen (secondary N) is 1. The van der Waals surface area contributed by atoms with Gasteiger partial charge in [0.05, 0.1) is 11.4 Å². The molecule has 2 aliphatic heterocycles. The Morgan fingerprint density at radius 3 is 2.46 bits per heavy atom. The number of carbonyl (C=O) groups excluding carboxylic acids is 2. The Bertz CT molecular complexity index is 1040. The summed E-state index contributed by atoms with van der Waals surface area (Å²) in [4.78, 5) is 26.3. The van der Waals surface area contributed by atoms with Crippen molar-refractivity contribution >= 4 is 38.9 Å². The molecular weight excluding hydrogens is 378 g/mol. The van der Waals surface area contributed by atoms with Gasteiger partial charge < -0.3 is 10.2 Å². The Morgan fingerprint density at radius 2 is 1.75 bits per heavy atom. The highest BCUT2D eigenvalue weighted by Gasteiger charge is 2.28. The highest BCUT2D eigenvalue weighted by molar-refractivity contribution is 7.93.